The van der Waals surface area contributed by atoms with Crippen LogP contribution >= 0.6 is 23.2 Å². The molecule has 4 heteroatoms. The van der Waals surface area contributed by atoms with Gasteiger partial charge in [0.25, 0.3) is 0 Å². The van der Waals surface area contributed by atoms with E-state index >= 15 is 0 Å². The lowest BCUT2D eigenvalue weighted by Crippen LogP contribution is -2.52. The molecule has 2 nitrogen and oxygen atoms in total. The lowest BCUT2D eigenvalue weighted by Gasteiger charge is -2.39. The van der Waals surface area contributed by atoms with Crippen LogP contribution in [0.1, 0.15) is 34.6 Å². The van der Waals surface area contributed by atoms with E-state index in [-0.39, 0.29) is 22.7 Å². The quantitative estimate of drug-likeness (QED) is 0.690. The molecule has 0 aromatic heterocycles. The van der Waals surface area contributed by atoms with Crippen LogP contribution in [-0.4, -0.2) is 34.1 Å². The zero-order valence-electron chi connectivity index (χ0n) is 10.2. The second-order valence-electron chi connectivity index (χ2n) is 4.83. The van der Waals surface area contributed by atoms with Gasteiger partial charge in [-0.25, -0.2) is 0 Å². The van der Waals surface area contributed by atoms with E-state index in [1.807, 2.05) is 34.6 Å². The van der Waals surface area contributed by atoms with Gasteiger partial charge in [-0.3, -0.25) is 4.79 Å². The van der Waals surface area contributed by atoms with E-state index in [0.717, 1.165) is 0 Å². The highest BCUT2D eigenvalue weighted by atomic mass is 35.5. The maximum absolute atomic E-state index is 12.0. The van der Waals surface area contributed by atoms with Crippen molar-refractivity contribution in [2.24, 2.45) is 5.92 Å². The smallest absolute Gasteiger partial charge is 0.225 e. The standard InChI is InChI=1S/C11H21Cl2NO/c1-8(2)10(15)14(6-9(3)13)11(4,5)7-12/h8-9H,6-7H2,1-5H3. The van der Waals surface area contributed by atoms with Crippen LogP contribution in [0.2, 0.25) is 0 Å². The van der Waals surface area contributed by atoms with Crippen LogP contribution in [0, 0.1) is 5.92 Å². The molecule has 1 atom stereocenters. The van der Waals surface area contributed by atoms with Gasteiger partial charge >= 0.3 is 0 Å². The fourth-order valence-corrected chi connectivity index (χ4v) is 1.55. The first kappa shape index (κ1) is 15.0. The van der Waals surface area contributed by atoms with Crippen LogP contribution in [-0.2, 0) is 4.79 Å². The first-order valence-corrected chi connectivity index (χ1v) is 6.21. The molecule has 0 radical (unpaired) electrons. The first-order valence-electron chi connectivity index (χ1n) is 5.24. The van der Waals surface area contributed by atoms with Crippen molar-refractivity contribution in [3.63, 3.8) is 0 Å². The van der Waals surface area contributed by atoms with Gasteiger partial charge in [0.2, 0.25) is 5.91 Å². The SMILES string of the molecule is CC(Cl)CN(C(=O)C(C)C)C(C)(C)CCl. The summed E-state index contributed by atoms with van der Waals surface area (Å²) < 4.78 is 0. The zero-order valence-corrected chi connectivity index (χ0v) is 11.7. The second-order valence-corrected chi connectivity index (χ2v) is 5.84. The van der Waals surface area contributed by atoms with Gasteiger partial charge in [0.1, 0.15) is 0 Å². The summed E-state index contributed by atoms with van der Waals surface area (Å²) in [6, 6.07) is 0. The van der Waals surface area contributed by atoms with Crippen molar-refractivity contribution in [3.8, 4) is 0 Å². The number of alkyl halides is 2. The molecule has 1 unspecified atom stereocenters. The lowest BCUT2D eigenvalue weighted by atomic mass is 10.0. The highest BCUT2D eigenvalue weighted by molar-refractivity contribution is 6.20. The van der Waals surface area contributed by atoms with Crippen molar-refractivity contribution in [1.82, 2.24) is 4.90 Å². The van der Waals surface area contributed by atoms with Crippen LogP contribution in [0.3, 0.4) is 0 Å². The third kappa shape index (κ3) is 4.60. The summed E-state index contributed by atoms with van der Waals surface area (Å²) in [6.07, 6.45) is 0. The summed E-state index contributed by atoms with van der Waals surface area (Å²) in [7, 11) is 0. The normalized spacial score (nSPS) is 14.1. The fraction of sp³-hybridized carbons (Fsp3) is 0.909. The summed E-state index contributed by atoms with van der Waals surface area (Å²) in [5.74, 6) is 0.491. The van der Waals surface area contributed by atoms with Crippen molar-refractivity contribution in [2.75, 3.05) is 12.4 Å². The molecule has 0 bridgehead atoms. The predicted octanol–water partition coefficient (Wildman–Crippen LogP) is 3.12. The molecule has 0 aliphatic heterocycles. The molecule has 0 rings (SSSR count). The molecule has 0 aliphatic carbocycles. The third-order valence-corrected chi connectivity index (χ3v) is 3.04. The number of hydrogen-bond donors (Lipinski definition) is 0. The molecule has 0 aromatic rings. The van der Waals surface area contributed by atoms with Crippen LogP contribution in [0.25, 0.3) is 0 Å². The maximum atomic E-state index is 12.0. The van der Waals surface area contributed by atoms with Crippen molar-refractivity contribution < 1.29 is 4.79 Å². The van der Waals surface area contributed by atoms with E-state index in [4.69, 9.17) is 23.2 Å². The molecule has 15 heavy (non-hydrogen) atoms. The van der Waals surface area contributed by atoms with Gasteiger partial charge in [0.05, 0.1) is 5.54 Å². The van der Waals surface area contributed by atoms with Crippen molar-refractivity contribution >= 4 is 29.1 Å². The summed E-state index contributed by atoms with van der Waals surface area (Å²) >= 11 is 11.8. The Morgan fingerprint density at radius 3 is 2.07 bits per heavy atom. The maximum Gasteiger partial charge on any atom is 0.225 e. The third-order valence-electron chi connectivity index (χ3n) is 2.25. The van der Waals surface area contributed by atoms with Gasteiger partial charge in [-0.15, -0.1) is 23.2 Å². The average Bonchev–Trinajstić information content (AvgIpc) is 2.12. The van der Waals surface area contributed by atoms with Crippen molar-refractivity contribution in [2.45, 2.75) is 45.5 Å². The molecule has 0 spiro atoms. The van der Waals surface area contributed by atoms with Crippen molar-refractivity contribution in [3.05, 3.63) is 0 Å². The van der Waals surface area contributed by atoms with Crippen LogP contribution < -0.4 is 0 Å². The van der Waals surface area contributed by atoms with Crippen molar-refractivity contribution in [1.29, 1.82) is 0 Å². The number of amides is 1. The van der Waals surface area contributed by atoms with E-state index in [1.165, 1.54) is 0 Å². The van der Waals surface area contributed by atoms with E-state index < -0.39 is 0 Å². The molecule has 0 aromatic carbocycles. The molecular weight excluding hydrogens is 233 g/mol. The monoisotopic (exact) mass is 253 g/mol. The molecule has 0 heterocycles. The molecular formula is C11H21Cl2NO. The van der Waals surface area contributed by atoms with E-state index in [9.17, 15) is 4.79 Å². The minimum absolute atomic E-state index is 0.0251. The Balaban J connectivity index is 4.81. The molecule has 1 amide bonds. The predicted molar refractivity (Wildman–Crippen MR) is 66.7 cm³/mol. The van der Waals surface area contributed by atoms with Crippen LogP contribution in [0.5, 0.6) is 0 Å². The number of rotatable bonds is 5. The molecule has 0 aliphatic rings. The highest BCUT2D eigenvalue weighted by Gasteiger charge is 2.31. The van der Waals surface area contributed by atoms with Gasteiger partial charge < -0.3 is 4.90 Å². The Labute approximate surface area is 103 Å². The van der Waals surface area contributed by atoms with Gasteiger partial charge in [0.15, 0.2) is 0 Å². The topological polar surface area (TPSA) is 20.3 Å². The second kappa shape index (κ2) is 5.95. The van der Waals surface area contributed by atoms with E-state index in [1.54, 1.807) is 4.90 Å². The summed E-state index contributed by atoms with van der Waals surface area (Å²) in [5.41, 5.74) is -0.341. The van der Waals surface area contributed by atoms with Gasteiger partial charge in [-0.05, 0) is 20.8 Å². The van der Waals surface area contributed by atoms with Gasteiger partial charge in [-0.2, -0.15) is 0 Å². The molecule has 0 N–H and O–H groups in total. The average molecular weight is 254 g/mol. The Bertz CT molecular complexity index is 215. The number of halogens is 2. The zero-order chi connectivity index (χ0) is 12.2. The Morgan fingerprint density at radius 2 is 1.80 bits per heavy atom. The Morgan fingerprint density at radius 1 is 1.33 bits per heavy atom. The number of carbonyl (C=O) groups excluding carboxylic acids is 1. The van der Waals surface area contributed by atoms with Crippen LogP contribution in [0.4, 0.5) is 0 Å². The lowest BCUT2D eigenvalue weighted by molar-refractivity contribution is -0.139. The van der Waals surface area contributed by atoms with Crippen LogP contribution in [0.15, 0.2) is 0 Å². The summed E-state index contributed by atoms with van der Waals surface area (Å²) in [5, 5.41) is -0.0600. The molecule has 0 fully saturated rings. The number of hydrogen-bond acceptors (Lipinski definition) is 1. The first-order chi connectivity index (χ1) is 6.72. The fourth-order valence-electron chi connectivity index (χ4n) is 1.27. The van der Waals surface area contributed by atoms with Gasteiger partial charge in [-0.1, -0.05) is 13.8 Å². The highest BCUT2D eigenvalue weighted by Crippen LogP contribution is 2.20. The summed E-state index contributed by atoms with van der Waals surface area (Å²) in [6.45, 7) is 10.1. The largest absolute Gasteiger partial charge is 0.335 e. The minimum Gasteiger partial charge on any atom is -0.335 e. The van der Waals surface area contributed by atoms with Gasteiger partial charge in [0, 0.05) is 23.7 Å². The number of nitrogens with zero attached hydrogens (tertiary/aromatic N) is 1. The van der Waals surface area contributed by atoms with E-state index in [2.05, 4.69) is 0 Å². The number of carbonyl (C=O) groups is 1. The Kier molecular flexibility index (Phi) is 5.97. The molecule has 90 valence electrons. The summed E-state index contributed by atoms with van der Waals surface area (Å²) in [4.78, 5) is 13.8. The molecule has 0 saturated carbocycles. The molecule has 0 saturated heterocycles. The Hall–Kier alpha value is 0.0500. The minimum atomic E-state index is -0.341. The van der Waals surface area contributed by atoms with E-state index in [0.29, 0.717) is 12.4 Å².